The predicted molar refractivity (Wildman–Crippen MR) is 47.1 cm³/mol. The van der Waals surface area contributed by atoms with E-state index in [0.29, 0.717) is 0 Å². The summed E-state index contributed by atoms with van der Waals surface area (Å²) >= 11 is 0. The molecule has 0 radical (unpaired) electrons. The van der Waals surface area contributed by atoms with E-state index in [4.69, 9.17) is 0 Å². The van der Waals surface area contributed by atoms with E-state index in [1.807, 2.05) is 13.8 Å². The monoisotopic (exact) mass is 151 g/mol. The summed E-state index contributed by atoms with van der Waals surface area (Å²) < 4.78 is 0. The van der Waals surface area contributed by atoms with Crippen molar-refractivity contribution in [1.29, 1.82) is 0 Å². The van der Waals surface area contributed by atoms with Gasteiger partial charge in [0.05, 0.1) is 6.04 Å². The number of allylic oxidation sites excluding steroid dienone is 1. The fourth-order valence-electron chi connectivity index (χ4n) is 1.03. The van der Waals surface area contributed by atoms with E-state index in [9.17, 15) is 0 Å². The molecule has 0 amide bonds. The van der Waals surface area contributed by atoms with Gasteiger partial charge < -0.3 is 10.6 Å². The van der Waals surface area contributed by atoms with Crippen molar-refractivity contribution in [3.63, 3.8) is 0 Å². The van der Waals surface area contributed by atoms with Crippen LogP contribution in [0.5, 0.6) is 0 Å². The lowest BCUT2D eigenvalue weighted by atomic mass is 10.2. The Hall–Kier alpha value is -1.25. The van der Waals surface area contributed by atoms with Crippen LogP contribution in [0, 0.1) is 0 Å². The average molecular weight is 151 g/mol. The van der Waals surface area contributed by atoms with Crippen molar-refractivity contribution < 1.29 is 0 Å². The number of rotatable bonds is 1. The lowest BCUT2D eigenvalue weighted by Crippen LogP contribution is -2.36. The van der Waals surface area contributed by atoms with E-state index < -0.39 is 0 Å². The van der Waals surface area contributed by atoms with Crippen LogP contribution in [0.2, 0.25) is 0 Å². The Morgan fingerprint density at radius 1 is 1.82 bits per heavy atom. The highest BCUT2D eigenvalue weighted by molar-refractivity contribution is 5.83. The average Bonchev–Trinajstić information content (AvgIpc) is 1.85. The minimum Gasteiger partial charge on any atom is -0.333 e. The third kappa shape index (κ3) is 2.11. The molecule has 1 heterocycles. The van der Waals surface area contributed by atoms with Gasteiger partial charge in [0.15, 0.2) is 5.96 Å². The van der Waals surface area contributed by atoms with E-state index in [-0.39, 0.29) is 6.04 Å². The first-order valence-corrected chi connectivity index (χ1v) is 3.63. The van der Waals surface area contributed by atoms with E-state index in [1.165, 1.54) is 0 Å². The zero-order chi connectivity index (χ0) is 8.27. The van der Waals surface area contributed by atoms with Crippen LogP contribution in [0.1, 0.15) is 13.8 Å². The molecule has 3 nitrogen and oxygen atoms in total. The Bertz CT molecular complexity index is 215. The Labute approximate surface area is 66.9 Å². The minimum absolute atomic E-state index is 0.249. The van der Waals surface area contributed by atoms with Gasteiger partial charge in [0.1, 0.15) is 0 Å². The summed E-state index contributed by atoms with van der Waals surface area (Å²) in [5, 5.41) is 5.98. The van der Waals surface area contributed by atoms with Gasteiger partial charge in [0.25, 0.3) is 0 Å². The highest BCUT2D eigenvalue weighted by Gasteiger charge is 2.06. The van der Waals surface area contributed by atoms with E-state index in [1.54, 1.807) is 6.20 Å². The van der Waals surface area contributed by atoms with Gasteiger partial charge in [0, 0.05) is 5.70 Å². The second-order valence-corrected chi connectivity index (χ2v) is 2.54. The molecule has 1 aliphatic heterocycles. The second-order valence-electron chi connectivity index (χ2n) is 2.54. The normalized spacial score (nSPS) is 22.9. The van der Waals surface area contributed by atoms with Crippen molar-refractivity contribution in [2.45, 2.75) is 19.9 Å². The van der Waals surface area contributed by atoms with Gasteiger partial charge in [-0.2, -0.15) is 0 Å². The summed E-state index contributed by atoms with van der Waals surface area (Å²) in [7, 11) is 0. The van der Waals surface area contributed by atoms with Crippen LogP contribution < -0.4 is 10.6 Å². The van der Waals surface area contributed by atoms with Crippen molar-refractivity contribution in [3.05, 3.63) is 24.6 Å². The summed E-state index contributed by atoms with van der Waals surface area (Å²) in [6, 6.07) is 0.249. The van der Waals surface area contributed by atoms with E-state index >= 15 is 0 Å². The Balaban J connectivity index is 2.63. The van der Waals surface area contributed by atoms with Gasteiger partial charge in [-0.25, -0.2) is 4.99 Å². The minimum atomic E-state index is 0.249. The van der Waals surface area contributed by atoms with Crippen LogP contribution >= 0.6 is 0 Å². The van der Waals surface area contributed by atoms with Gasteiger partial charge in [-0.05, 0) is 26.1 Å². The fraction of sp³-hybridized carbons (Fsp3) is 0.375. The SMILES string of the molecule is C=CNC1=NC(C)C=C(C)N1. The molecule has 11 heavy (non-hydrogen) atoms. The van der Waals surface area contributed by atoms with Crippen LogP contribution in [-0.4, -0.2) is 12.0 Å². The van der Waals surface area contributed by atoms with Crippen molar-refractivity contribution in [3.8, 4) is 0 Å². The molecule has 0 bridgehead atoms. The molecule has 0 aromatic rings. The van der Waals surface area contributed by atoms with Crippen molar-refractivity contribution in [2.75, 3.05) is 0 Å². The van der Waals surface area contributed by atoms with Crippen LogP contribution in [0.25, 0.3) is 0 Å². The number of nitrogens with one attached hydrogen (secondary N) is 2. The number of hydrogen-bond donors (Lipinski definition) is 2. The molecule has 0 aliphatic carbocycles. The summed E-state index contributed by atoms with van der Waals surface area (Å²) in [5.41, 5.74) is 1.12. The lowest BCUT2D eigenvalue weighted by Gasteiger charge is -2.16. The highest BCUT2D eigenvalue weighted by atomic mass is 15.2. The lowest BCUT2D eigenvalue weighted by molar-refractivity contribution is 0.834. The van der Waals surface area contributed by atoms with Gasteiger partial charge in [0.2, 0.25) is 0 Å². The van der Waals surface area contributed by atoms with Gasteiger partial charge in [-0.15, -0.1) is 0 Å². The molecule has 0 fully saturated rings. The summed E-state index contributed by atoms with van der Waals surface area (Å²) in [5.74, 6) is 0.771. The first-order valence-electron chi connectivity index (χ1n) is 3.63. The summed E-state index contributed by atoms with van der Waals surface area (Å²) in [4.78, 5) is 4.27. The third-order valence-corrected chi connectivity index (χ3v) is 1.38. The molecule has 1 aliphatic rings. The summed E-state index contributed by atoms with van der Waals surface area (Å²) in [6.07, 6.45) is 3.67. The smallest absolute Gasteiger partial charge is 0.200 e. The van der Waals surface area contributed by atoms with Crippen LogP contribution in [0.3, 0.4) is 0 Å². The molecular formula is C8H13N3. The van der Waals surface area contributed by atoms with Crippen LogP contribution in [0.4, 0.5) is 0 Å². The third-order valence-electron chi connectivity index (χ3n) is 1.38. The largest absolute Gasteiger partial charge is 0.333 e. The molecule has 0 aromatic heterocycles. The molecule has 3 heteroatoms. The van der Waals surface area contributed by atoms with Crippen LogP contribution in [0.15, 0.2) is 29.5 Å². The second kappa shape index (κ2) is 3.23. The first-order chi connectivity index (χ1) is 5.22. The molecular weight excluding hydrogens is 138 g/mol. The molecule has 0 saturated heterocycles. The standard InChI is InChI=1S/C8H13N3/c1-4-9-8-10-6(2)5-7(3)11-8/h4-6H,1H2,2-3H3,(H2,9,10,11). The quantitative estimate of drug-likeness (QED) is 0.586. The maximum absolute atomic E-state index is 4.27. The van der Waals surface area contributed by atoms with Crippen LogP contribution in [-0.2, 0) is 0 Å². The fourth-order valence-corrected chi connectivity index (χ4v) is 1.03. The number of hydrogen-bond acceptors (Lipinski definition) is 3. The number of nitrogens with zero attached hydrogens (tertiary/aromatic N) is 1. The van der Waals surface area contributed by atoms with Gasteiger partial charge in [-0.1, -0.05) is 6.58 Å². The molecule has 1 rings (SSSR count). The number of aliphatic imine (C=N–C) groups is 1. The Morgan fingerprint density at radius 2 is 2.55 bits per heavy atom. The maximum atomic E-state index is 4.27. The maximum Gasteiger partial charge on any atom is 0.200 e. The summed E-state index contributed by atoms with van der Waals surface area (Å²) in [6.45, 7) is 7.60. The van der Waals surface area contributed by atoms with Crippen molar-refractivity contribution in [2.24, 2.45) is 4.99 Å². The predicted octanol–water partition coefficient (Wildman–Crippen LogP) is 0.971. The van der Waals surface area contributed by atoms with Gasteiger partial charge >= 0.3 is 0 Å². The number of guanidine groups is 1. The molecule has 2 N–H and O–H groups in total. The molecule has 0 spiro atoms. The van der Waals surface area contributed by atoms with E-state index in [0.717, 1.165) is 11.7 Å². The zero-order valence-electron chi connectivity index (χ0n) is 6.89. The van der Waals surface area contributed by atoms with Gasteiger partial charge in [-0.3, -0.25) is 0 Å². The van der Waals surface area contributed by atoms with E-state index in [2.05, 4.69) is 28.3 Å². The Kier molecular flexibility index (Phi) is 2.31. The first kappa shape index (κ1) is 7.85. The molecule has 60 valence electrons. The van der Waals surface area contributed by atoms with Crippen molar-refractivity contribution in [1.82, 2.24) is 10.6 Å². The molecule has 1 atom stereocenters. The van der Waals surface area contributed by atoms with Crippen molar-refractivity contribution >= 4 is 5.96 Å². The molecule has 0 aromatic carbocycles. The highest BCUT2D eigenvalue weighted by Crippen LogP contribution is 2.01. The molecule has 1 unspecified atom stereocenters. The Morgan fingerprint density at radius 3 is 3.09 bits per heavy atom. The molecule has 0 saturated carbocycles. The topological polar surface area (TPSA) is 36.4 Å². The zero-order valence-corrected chi connectivity index (χ0v) is 6.89.